The normalized spacial score (nSPS) is 10.5. The van der Waals surface area contributed by atoms with Crippen LogP contribution in [-0.4, -0.2) is 20.0 Å². The Bertz CT molecular complexity index is 668. The Kier molecular flexibility index (Phi) is 4.55. The van der Waals surface area contributed by atoms with Crippen LogP contribution in [0.3, 0.4) is 0 Å². The monoisotopic (exact) mass is 298 g/mol. The molecule has 22 heavy (non-hydrogen) atoms. The maximum absolute atomic E-state index is 12.9. The number of carbonyl (C=O) groups is 1. The summed E-state index contributed by atoms with van der Waals surface area (Å²) in [6.07, 6.45) is 0. The van der Waals surface area contributed by atoms with Crippen LogP contribution < -0.4 is 9.47 Å². The molecular weight excluding hydrogens is 276 g/mol. The molecule has 0 aliphatic heterocycles. The minimum absolute atomic E-state index is 0.0338. The second-order valence-corrected chi connectivity index (χ2v) is 5.46. The number of hydrogen-bond donors (Lipinski definition) is 0. The van der Waals surface area contributed by atoms with E-state index in [4.69, 9.17) is 9.47 Å². The van der Waals surface area contributed by atoms with E-state index in [1.165, 1.54) is 0 Å². The molecule has 0 N–H and O–H groups in total. The lowest BCUT2D eigenvalue weighted by Gasteiger charge is -2.15. The van der Waals surface area contributed by atoms with Crippen LogP contribution >= 0.6 is 0 Å². The lowest BCUT2D eigenvalue weighted by Crippen LogP contribution is -2.08. The van der Waals surface area contributed by atoms with Crippen molar-refractivity contribution in [3.63, 3.8) is 0 Å². The minimum Gasteiger partial charge on any atom is -0.496 e. The summed E-state index contributed by atoms with van der Waals surface area (Å²) in [5.41, 5.74) is 5.33. The highest BCUT2D eigenvalue weighted by atomic mass is 16.5. The number of hydrogen-bond acceptors (Lipinski definition) is 3. The number of benzene rings is 2. The van der Waals surface area contributed by atoms with Gasteiger partial charge in [0.2, 0.25) is 0 Å². The average Bonchev–Trinajstić information content (AvgIpc) is 2.52. The number of ether oxygens (including phenoxy) is 2. The minimum atomic E-state index is 0.0338. The van der Waals surface area contributed by atoms with Crippen molar-refractivity contribution in [2.75, 3.05) is 14.2 Å². The van der Waals surface area contributed by atoms with Gasteiger partial charge < -0.3 is 9.47 Å². The lowest BCUT2D eigenvalue weighted by molar-refractivity contribution is 0.103. The molecule has 0 saturated heterocycles. The summed E-state index contributed by atoms with van der Waals surface area (Å²) < 4.78 is 10.6. The van der Waals surface area contributed by atoms with Gasteiger partial charge in [0.1, 0.15) is 11.5 Å². The molecule has 0 aromatic heterocycles. The van der Waals surface area contributed by atoms with E-state index >= 15 is 0 Å². The predicted molar refractivity (Wildman–Crippen MR) is 88.4 cm³/mol. The molecule has 0 fully saturated rings. The van der Waals surface area contributed by atoms with E-state index in [1.54, 1.807) is 14.2 Å². The van der Waals surface area contributed by atoms with Gasteiger partial charge in [0.25, 0.3) is 0 Å². The van der Waals surface area contributed by atoms with Crippen molar-refractivity contribution in [1.29, 1.82) is 0 Å². The first-order valence-corrected chi connectivity index (χ1v) is 7.25. The molecule has 0 unspecified atom stereocenters. The maximum atomic E-state index is 12.9. The van der Waals surface area contributed by atoms with E-state index in [0.29, 0.717) is 11.1 Å². The Hall–Kier alpha value is -2.29. The van der Waals surface area contributed by atoms with Crippen LogP contribution in [0.2, 0.25) is 0 Å². The predicted octanol–water partition coefficient (Wildman–Crippen LogP) is 4.17. The summed E-state index contributed by atoms with van der Waals surface area (Å²) in [5, 5.41) is 0. The largest absolute Gasteiger partial charge is 0.496 e. The fourth-order valence-corrected chi connectivity index (χ4v) is 2.67. The van der Waals surface area contributed by atoms with E-state index in [-0.39, 0.29) is 5.78 Å². The Morgan fingerprint density at radius 3 is 1.36 bits per heavy atom. The second kappa shape index (κ2) is 6.22. The van der Waals surface area contributed by atoms with Crippen LogP contribution in [-0.2, 0) is 0 Å². The highest BCUT2D eigenvalue weighted by molar-refractivity contribution is 6.11. The van der Waals surface area contributed by atoms with Crippen molar-refractivity contribution in [3.8, 4) is 11.5 Å². The Morgan fingerprint density at radius 1 is 0.682 bits per heavy atom. The molecule has 0 aliphatic carbocycles. The van der Waals surface area contributed by atoms with Crippen LogP contribution in [0.1, 0.15) is 38.2 Å². The van der Waals surface area contributed by atoms with Crippen molar-refractivity contribution in [2.24, 2.45) is 0 Å². The van der Waals surface area contributed by atoms with Crippen molar-refractivity contribution >= 4 is 5.78 Å². The van der Waals surface area contributed by atoms with Gasteiger partial charge >= 0.3 is 0 Å². The van der Waals surface area contributed by atoms with Gasteiger partial charge in [-0.3, -0.25) is 4.79 Å². The van der Waals surface area contributed by atoms with Crippen LogP contribution in [0.15, 0.2) is 24.3 Å². The SMILES string of the molecule is COc1ccc(C(=O)c2ccc(OC)c(C)c2C)c(C)c1C. The molecule has 0 aliphatic rings. The zero-order chi connectivity index (χ0) is 16.4. The molecule has 0 saturated carbocycles. The van der Waals surface area contributed by atoms with Gasteiger partial charge in [-0.2, -0.15) is 0 Å². The van der Waals surface area contributed by atoms with Crippen LogP contribution in [0.25, 0.3) is 0 Å². The summed E-state index contributed by atoms with van der Waals surface area (Å²) in [6, 6.07) is 7.37. The van der Waals surface area contributed by atoms with Gasteiger partial charge in [0.05, 0.1) is 14.2 Å². The van der Waals surface area contributed by atoms with Gasteiger partial charge in [-0.1, -0.05) is 0 Å². The third-order valence-electron chi connectivity index (χ3n) is 4.40. The smallest absolute Gasteiger partial charge is 0.193 e. The van der Waals surface area contributed by atoms with Gasteiger partial charge in [-0.05, 0) is 74.2 Å². The molecule has 0 atom stereocenters. The fourth-order valence-electron chi connectivity index (χ4n) is 2.67. The van der Waals surface area contributed by atoms with E-state index in [0.717, 1.165) is 33.8 Å². The third-order valence-corrected chi connectivity index (χ3v) is 4.40. The highest BCUT2D eigenvalue weighted by Crippen LogP contribution is 2.29. The highest BCUT2D eigenvalue weighted by Gasteiger charge is 2.18. The molecule has 2 aromatic carbocycles. The molecule has 0 amide bonds. The van der Waals surface area contributed by atoms with Gasteiger partial charge in [-0.15, -0.1) is 0 Å². The van der Waals surface area contributed by atoms with Crippen molar-refractivity contribution in [1.82, 2.24) is 0 Å². The standard InChI is InChI=1S/C19H22O3/c1-11-13(3)17(21-5)9-7-15(11)19(20)16-8-10-18(22-6)14(4)12(16)2/h7-10H,1-6H3. The van der Waals surface area contributed by atoms with Gasteiger partial charge in [-0.25, -0.2) is 0 Å². The fraction of sp³-hybridized carbons (Fsp3) is 0.316. The zero-order valence-electron chi connectivity index (χ0n) is 14.0. The number of carbonyl (C=O) groups excluding carboxylic acids is 1. The van der Waals surface area contributed by atoms with E-state index in [9.17, 15) is 4.79 Å². The number of methoxy groups -OCH3 is 2. The average molecular weight is 298 g/mol. The molecule has 3 heteroatoms. The summed E-state index contributed by atoms with van der Waals surface area (Å²) in [7, 11) is 3.28. The Balaban J connectivity index is 2.54. The molecule has 0 radical (unpaired) electrons. The quantitative estimate of drug-likeness (QED) is 0.795. The molecule has 0 heterocycles. The Morgan fingerprint density at radius 2 is 1.05 bits per heavy atom. The topological polar surface area (TPSA) is 35.5 Å². The van der Waals surface area contributed by atoms with Crippen molar-refractivity contribution < 1.29 is 14.3 Å². The third kappa shape index (κ3) is 2.59. The lowest BCUT2D eigenvalue weighted by atomic mass is 9.91. The van der Waals surface area contributed by atoms with Crippen LogP contribution in [0.4, 0.5) is 0 Å². The van der Waals surface area contributed by atoms with Crippen LogP contribution in [0, 0.1) is 27.7 Å². The molecule has 2 rings (SSSR count). The van der Waals surface area contributed by atoms with Gasteiger partial charge in [0, 0.05) is 11.1 Å². The second-order valence-electron chi connectivity index (χ2n) is 5.46. The summed E-state index contributed by atoms with van der Waals surface area (Å²) in [5.74, 6) is 1.64. The summed E-state index contributed by atoms with van der Waals surface area (Å²) >= 11 is 0. The van der Waals surface area contributed by atoms with E-state index < -0.39 is 0 Å². The molecule has 0 spiro atoms. The van der Waals surface area contributed by atoms with Crippen LogP contribution in [0.5, 0.6) is 11.5 Å². The summed E-state index contributed by atoms with van der Waals surface area (Å²) in [4.78, 5) is 12.9. The Labute approximate surface area is 131 Å². The maximum Gasteiger partial charge on any atom is 0.193 e. The first-order valence-electron chi connectivity index (χ1n) is 7.25. The molecule has 2 aromatic rings. The number of ketones is 1. The molecule has 3 nitrogen and oxygen atoms in total. The number of rotatable bonds is 4. The molecule has 116 valence electrons. The zero-order valence-corrected chi connectivity index (χ0v) is 14.0. The molecular formula is C19H22O3. The van der Waals surface area contributed by atoms with Gasteiger partial charge in [0.15, 0.2) is 5.78 Å². The van der Waals surface area contributed by atoms with Crippen molar-refractivity contribution in [2.45, 2.75) is 27.7 Å². The first kappa shape index (κ1) is 16.1. The first-order chi connectivity index (χ1) is 10.4. The molecule has 0 bridgehead atoms. The summed E-state index contributed by atoms with van der Waals surface area (Å²) in [6.45, 7) is 7.85. The van der Waals surface area contributed by atoms with Crippen molar-refractivity contribution in [3.05, 3.63) is 57.6 Å². The van der Waals surface area contributed by atoms with E-state index in [1.807, 2.05) is 52.0 Å². The van der Waals surface area contributed by atoms with E-state index in [2.05, 4.69) is 0 Å².